The lowest BCUT2D eigenvalue weighted by Gasteiger charge is -2.14. The van der Waals surface area contributed by atoms with Gasteiger partial charge in [-0.2, -0.15) is 0 Å². The van der Waals surface area contributed by atoms with E-state index in [2.05, 4.69) is 5.32 Å². The summed E-state index contributed by atoms with van der Waals surface area (Å²) >= 11 is 0. The Kier molecular flexibility index (Phi) is 4.50. The summed E-state index contributed by atoms with van der Waals surface area (Å²) in [5.41, 5.74) is 8.16. The van der Waals surface area contributed by atoms with Gasteiger partial charge in [-0.3, -0.25) is 4.79 Å². The fraction of sp³-hybridized carbons (Fsp3) is 0.462. The first-order valence-corrected chi connectivity index (χ1v) is 5.60. The highest BCUT2D eigenvalue weighted by atomic mass is 16.1. The van der Waals surface area contributed by atoms with Crippen molar-refractivity contribution < 1.29 is 4.79 Å². The molecule has 88 valence electrons. The second kappa shape index (κ2) is 5.66. The summed E-state index contributed by atoms with van der Waals surface area (Å²) in [5.74, 6) is 0.00285. The lowest BCUT2D eigenvalue weighted by atomic mass is 10.0. The van der Waals surface area contributed by atoms with Crippen molar-refractivity contribution in [2.24, 2.45) is 5.73 Å². The highest BCUT2D eigenvalue weighted by Gasteiger charge is 2.11. The number of hydrogen-bond donors (Lipinski definition) is 2. The molecule has 0 spiro atoms. The van der Waals surface area contributed by atoms with E-state index in [4.69, 9.17) is 5.73 Å². The van der Waals surface area contributed by atoms with Gasteiger partial charge in [0, 0.05) is 18.5 Å². The fourth-order valence-corrected chi connectivity index (χ4v) is 1.51. The van der Waals surface area contributed by atoms with Crippen molar-refractivity contribution in [3.05, 3.63) is 35.4 Å². The van der Waals surface area contributed by atoms with Crippen LogP contribution in [0, 0.1) is 6.92 Å². The molecule has 3 nitrogen and oxygen atoms in total. The largest absolute Gasteiger partial charge is 0.354 e. The average Bonchev–Trinajstić information content (AvgIpc) is 2.16. The molecule has 0 aliphatic rings. The molecule has 0 fully saturated rings. The summed E-state index contributed by atoms with van der Waals surface area (Å²) in [6.45, 7) is 5.91. The van der Waals surface area contributed by atoms with Gasteiger partial charge in [-0.15, -0.1) is 0 Å². The molecule has 1 rings (SSSR count). The van der Waals surface area contributed by atoms with E-state index in [1.165, 1.54) is 5.56 Å². The molecule has 3 N–H and O–H groups in total. The van der Waals surface area contributed by atoms with E-state index < -0.39 is 0 Å². The number of aryl methyl sites for hydroxylation is 1. The van der Waals surface area contributed by atoms with Gasteiger partial charge in [0.05, 0.1) is 0 Å². The maximum Gasteiger partial charge on any atom is 0.222 e. The van der Waals surface area contributed by atoms with E-state index in [-0.39, 0.29) is 18.0 Å². The Bertz CT molecular complexity index is 343. The maximum atomic E-state index is 11.5. The molecular weight excluding hydrogens is 200 g/mol. The molecule has 0 aliphatic carbocycles. The van der Waals surface area contributed by atoms with E-state index in [1.54, 1.807) is 0 Å². The van der Waals surface area contributed by atoms with Gasteiger partial charge in [0.1, 0.15) is 0 Å². The molecule has 0 saturated heterocycles. The van der Waals surface area contributed by atoms with Gasteiger partial charge in [-0.1, -0.05) is 29.8 Å². The van der Waals surface area contributed by atoms with Crippen LogP contribution in [0.4, 0.5) is 0 Å². The first-order chi connectivity index (χ1) is 7.49. The van der Waals surface area contributed by atoms with Crippen LogP contribution in [0.1, 0.15) is 37.4 Å². The molecular formula is C13H20N2O. The quantitative estimate of drug-likeness (QED) is 0.814. The smallest absolute Gasteiger partial charge is 0.222 e. The van der Waals surface area contributed by atoms with Crippen LogP contribution in [0.15, 0.2) is 24.3 Å². The van der Waals surface area contributed by atoms with E-state index >= 15 is 0 Å². The van der Waals surface area contributed by atoms with Crippen molar-refractivity contribution in [2.45, 2.75) is 39.3 Å². The van der Waals surface area contributed by atoms with Crippen LogP contribution in [-0.4, -0.2) is 11.9 Å². The van der Waals surface area contributed by atoms with E-state index in [0.29, 0.717) is 6.42 Å². The number of nitrogens with two attached hydrogens (primary N) is 1. The molecule has 1 atom stereocenters. The van der Waals surface area contributed by atoms with E-state index in [1.807, 2.05) is 45.0 Å². The summed E-state index contributed by atoms with van der Waals surface area (Å²) < 4.78 is 0. The van der Waals surface area contributed by atoms with Gasteiger partial charge in [-0.25, -0.2) is 0 Å². The summed E-state index contributed by atoms with van der Waals surface area (Å²) in [6.07, 6.45) is 0.335. The van der Waals surface area contributed by atoms with Gasteiger partial charge < -0.3 is 11.1 Å². The lowest BCUT2D eigenvalue weighted by molar-refractivity contribution is -0.121. The minimum Gasteiger partial charge on any atom is -0.354 e. The van der Waals surface area contributed by atoms with Crippen molar-refractivity contribution in [3.8, 4) is 0 Å². The molecule has 0 heterocycles. The summed E-state index contributed by atoms with van der Waals surface area (Å²) in [6, 6.07) is 7.91. The number of carbonyl (C=O) groups is 1. The molecule has 0 aromatic heterocycles. The molecule has 16 heavy (non-hydrogen) atoms. The van der Waals surface area contributed by atoms with Crippen LogP contribution >= 0.6 is 0 Å². The van der Waals surface area contributed by atoms with Crippen molar-refractivity contribution in [3.63, 3.8) is 0 Å². The van der Waals surface area contributed by atoms with Crippen molar-refractivity contribution in [1.29, 1.82) is 0 Å². The highest BCUT2D eigenvalue weighted by Crippen LogP contribution is 2.14. The second-order valence-electron chi connectivity index (χ2n) is 4.44. The van der Waals surface area contributed by atoms with Crippen molar-refractivity contribution in [2.75, 3.05) is 0 Å². The number of hydrogen-bond acceptors (Lipinski definition) is 2. The first kappa shape index (κ1) is 12.7. The third-order valence-electron chi connectivity index (χ3n) is 2.36. The number of benzene rings is 1. The predicted molar refractivity (Wildman–Crippen MR) is 66.0 cm³/mol. The topological polar surface area (TPSA) is 55.1 Å². The first-order valence-electron chi connectivity index (χ1n) is 5.60. The van der Waals surface area contributed by atoms with E-state index in [0.717, 1.165) is 5.56 Å². The highest BCUT2D eigenvalue weighted by molar-refractivity contribution is 5.77. The zero-order chi connectivity index (χ0) is 12.1. The fourth-order valence-electron chi connectivity index (χ4n) is 1.51. The predicted octanol–water partition coefficient (Wildman–Crippen LogP) is 1.91. The molecule has 0 bridgehead atoms. The van der Waals surface area contributed by atoms with Crippen LogP contribution < -0.4 is 11.1 Å². The standard InChI is InChI=1S/C13H20N2O/c1-9(2)15-13(16)8-12(14)11-6-4-10(3)5-7-11/h4-7,9,12H,8,14H2,1-3H3,(H,15,16). The summed E-state index contributed by atoms with van der Waals surface area (Å²) in [7, 11) is 0. The van der Waals surface area contributed by atoms with Crippen LogP contribution in [0.2, 0.25) is 0 Å². The van der Waals surface area contributed by atoms with Gasteiger partial charge >= 0.3 is 0 Å². The Hall–Kier alpha value is -1.35. The summed E-state index contributed by atoms with van der Waals surface area (Å²) in [4.78, 5) is 11.5. The monoisotopic (exact) mass is 220 g/mol. The van der Waals surface area contributed by atoms with Crippen LogP contribution in [0.3, 0.4) is 0 Å². The van der Waals surface area contributed by atoms with Crippen molar-refractivity contribution in [1.82, 2.24) is 5.32 Å². The molecule has 0 radical (unpaired) electrons. The molecule has 1 amide bonds. The Labute approximate surface area is 97.0 Å². The van der Waals surface area contributed by atoms with Gasteiger partial charge in [0.25, 0.3) is 0 Å². The number of carbonyl (C=O) groups excluding carboxylic acids is 1. The van der Waals surface area contributed by atoms with Crippen LogP contribution in [0.5, 0.6) is 0 Å². The Morgan fingerprint density at radius 1 is 1.31 bits per heavy atom. The average molecular weight is 220 g/mol. The molecule has 0 saturated carbocycles. The minimum atomic E-state index is -0.223. The molecule has 0 aliphatic heterocycles. The van der Waals surface area contributed by atoms with Crippen molar-refractivity contribution >= 4 is 5.91 Å². The molecule has 1 aromatic carbocycles. The minimum absolute atomic E-state index is 0.00285. The summed E-state index contributed by atoms with van der Waals surface area (Å²) in [5, 5.41) is 2.84. The number of rotatable bonds is 4. The van der Waals surface area contributed by atoms with E-state index in [9.17, 15) is 4.79 Å². The number of nitrogens with one attached hydrogen (secondary N) is 1. The van der Waals surface area contributed by atoms with Gasteiger partial charge in [-0.05, 0) is 26.3 Å². The Morgan fingerprint density at radius 3 is 2.38 bits per heavy atom. The third-order valence-corrected chi connectivity index (χ3v) is 2.36. The second-order valence-corrected chi connectivity index (χ2v) is 4.44. The van der Waals surface area contributed by atoms with Gasteiger partial charge in [0.15, 0.2) is 0 Å². The number of amides is 1. The maximum absolute atomic E-state index is 11.5. The molecule has 1 unspecified atom stereocenters. The Balaban J connectivity index is 2.55. The zero-order valence-electron chi connectivity index (χ0n) is 10.2. The lowest BCUT2D eigenvalue weighted by Crippen LogP contribution is -2.32. The Morgan fingerprint density at radius 2 is 1.88 bits per heavy atom. The normalized spacial score (nSPS) is 12.6. The van der Waals surface area contributed by atoms with Crippen LogP contribution in [-0.2, 0) is 4.79 Å². The zero-order valence-corrected chi connectivity index (χ0v) is 10.2. The van der Waals surface area contributed by atoms with Crippen LogP contribution in [0.25, 0.3) is 0 Å². The molecule has 1 aromatic rings. The third kappa shape index (κ3) is 4.03. The molecule has 3 heteroatoms. The van der Waals surface area contributed by atoms with Gasteiger partial charge in [0.2, 0.25) is 5.91 Å². The SMILES string of the molecule is Cc1ccc(C(N)CC(=O)NC(C)C)cc1.